The Morgan fingerprint density at radius 2 is 1.77 bits per heavy atom. The van der Waals surface area contributed by atoms with Gasteiger partial charge in [-0.1, -0.05) is 24.3 Å². The van der Waals surface area contributed by atoms with Gasteiger partial charge in [0, 0.05) is 36.0 Å². The molecule has 0 radical (unpaired) electrons. The molecule has 2 aliphatic rings. The van der Waals surface area contributed by atoms with Crippen molar-refractivity contribution in [3.63, 3.8) is 0 Å². The van der Waals surface area contributed by atoms with E-state index in [-0.39, 0.29) is 29.8 Å². The Morgan fingerprint density at radius 3 is 2.45 bits per heavy atom. The van der Waals surface area contributed by atoms with Crippen LogP contribution in [-0.2, 0) is 9.53 Å². The molecule has 1 aromatic heterocycles. The van der Waals surface area contributed by atoms with Crippen LogP contribution in [0.5, 0.6) is 5.75 Å². The van der Waals surface area contributed by atoms with E-state index in [4.69, 9.17) is 9.47 Å². The molecule has 2 heterocycles. The summed E-state index contributed by atoms with van der Waals surface area (Å²) >= 11 is 0. The van der Waals surface area contributed by atoms with Crippen LogP contribution in [0, 0.1) is 17.8 Å². The summed E-state index contributed by atoms with van der Waals surface area (Å²) in [7, 11) is 0. The average molecular weight is 426 g/mol. The lowest BCUT2D eigenvalue weighted by molar-refractivity contribution is -0.125. The Bertz CT molecular complexity index is 980. The Hall–Kier alpha value is -2.83. The van der Waals surface area contributed by atoms with Crippen molar-refractivity contribution in [3.8, 4) is 5.75 Å². The average Bonchev–Trinajstić information content (AvgIpc) is 3.19. The van der Waals surface area contributed by atoms with Gasteiger partial charge in [0.15, 0.2) is 0 Å². The highest BCUT2D eigenvalue weighted by Crippen LogP contribution is 2.52. The first-order valence-corrected chi connectivity index (χ1v) is 10.8. The lowest BCUT2D eigenvalue weighted by Gasteiger charge is -2.28. The van der Waals surface area contributed by atoms with Gasteiger partial charge in [0.2, 0.25) is 5.91 Å². The van der Waals surface area contributed by atoms with Crippen molar-refractivity contribution in [1.82, 2.24) is 15.2 Å². The third-order valence-corrected chi connectivity index (χ3v) is 5.83. The smallest absolute Gasteiger partial charge is 0.410 e. The number of hydrogen-bond acceptors (Lipinski definition) is 5. The molecule has 1 N–H and O–H groups in total. The molecule has 0 spiro atoms. The summed E-state index contributed by atoms with van der Waals surface area (Å²) in [4.78, 5) is 31.0. The Balaban J connectivity index is 1.29. The van der Waals surface area contributed by atoms with E-state index in [0.717, 1.165) is 10.8 Å². The van der Waals surface area contributed by atoms with Crippen LogP contribution in [0.15, 0.2) is 36.7 Å². The summed E-state index contributed by atoms with van der Waals surface area (Å²) in [6.45, 7) is 11.0. The summed E-state index contributed by atoms with van der Waals surface area (Å²) in [5, 5.41) is 5.14. The van der Waals surface area contributed by atoms with Crippen LogP contribution in [0.1, 0.15) is 34.6 Å². The molecule has 7 heteroatoms. The lowest BCUT2D eigenvalue weighted by atomic mass is 10.1. The molecule has 1 saturated heterocycles. The SMILES string of the molecule is CC(C)(COc1cncc2ccccc12)NC(=O)C1[C@H]2CN(C(=O)OC(C)(C)C)C[C@@H]12. The fourth-order valence-corrected chi connectivity index (χ4v) is 4.31. The van der Waals surface area contributed by atoms with Gasteiger partial charge in [0.05, 0.1) is 11.7 Å². The molecular weight excluding hydrogens is 394 g/mol. The number of nitrogens with one attached hydrogen (secondary N) is 1. The highest BCUT2D eigenvalue weighted by atomic mass is 16.6. The summed E-state index contributed by atoms with van der Waals surface area (Å²) in [6.07, 6.45) is 3.22. The molecule has 1 aliphatic carbocycles. The fourth-order valence-electron chi connectivity index (χ4n) is 4.31. The van der Waals surface area contributed by atoms with E-state index in [1.165, 1.54) is 0 Å². The predicted octanol–water partition coefficient (Wildman–Crippen LogP) is 3.62. The quantitative estimate of drug-likeness (QED) is 0.791. The van der Waals surface area contributed by atoms with Crippen LogP contribution in [0.2, 0.25) is 0 Å². The Labute approximate surface area is 183 Å². The number of benzene rings is 1. The van der Waals surface area contributed by atoms with Gasteiger partial charge in [-0.25, -0.2) is 4.79 Å². The minimum atomic E-state index is -0.532. The summed E-state index contributed by atoms with van der Waals surface area (Å²) in [5.41, 5.74) is -1.04. The van der Waals surface area contributed by atoms with Crippen molar-refractivity contribution >= 4 is 22.8 Å². The third kappa shape index (κ3) is 4.75. The molecule has 2 amide bonds. The number of carbonyl (C=O) groups is 2. The maximum atomic E-state index is 12.8. The monoisotopic (exact) mass is 425 g/mol. The maximum absolute atomic E-state index is 12.8. The fraction of sp³-hybridized carbons (Fsp3) is 0.542. The van der Waals surface area contributed by atoms with E-state index >= 15 is 0 Å². The molecule has 166 valence electrons. The second-order valence-electron chi connectivity index (χ2n) is 10.3. The summed E-state index contributed by atoms with van der Waals surface area (Å²) in [5.74, 6) is 1.12. The van der Waals surface area contributed by atoms with Crippen LogP contribution in [0.3, 0.4) is 0 Å². The molecule has 7 nitrogen and oxygen atoms in total. The molecule has 1 aliphatic heterocycles. The van der Waals surface area contributed by atoms with Gasteiger partial charge in [-0.3, -0.25) is 9.78 Å². The number of ether oxygens (including phenoxy) is 2. The van der Waals surface area contributed by atoms with Gasteiger partial charge in [-0.15, -0.1) is 0 Å². The zero-order valence-electron chi connectivity index (χ0n) is 18.8. The van der Waals surface area contributed by atoms with E-state index in [2.05, 4.69) is 10.3 Å². The minimum absolute atomic E-state index is 0.0310. The number of amides is 2. The van der Waals surface area contributed by atoms with Gasteiger partial charge >= 0.3 is 6.09 Å². The van der Waals surface area contributed by atoms with E-state index in [1.54, 1.807) is 11.1 Å². The first-order valence-electron chi connectivity index (χ1n) is 10.8. The first-order chi connectivity index (χ1) is 14.5. The maximum Gasteiger partial charge on any atom is 0.410 e. The molecule has 1 aromatic carbocycles. The topological polar surface area (TPSA) is 80.8 Å². The number of rotatable bonds is 5. The van der Waals surface area contributed by atoms with E-state index in [1.807, 2.05) is 65.1 Å². The zero-order chi connectivity index (χ0) is 22.4. The standard InChI is InChI=1S/C24H31N3O4/c1-23(2,3)31-22(29)27-12-17-18(13-27)20(17)21(28)26-24(4,5)14-30-19-11-25-10-15-8-6-7-9-16(15)19/h6-11,17-18,20H,12-14H2,1-5H3,(H,26,28)/t17-,18+,20?. The lowest BCUT2D eigenvalue weighted by Crippen LogP contribution is -2.49. The molecule has 1 unspecified atom stereocenters. The third-order valence-electron chi connectivity index (χ3n) is 5.83. The Kier molecular flexibility index (Phi) is 5.31. The number of piperidine rings is 1. The largest absolute Gasteiger partial charge is 0.489 e. The second kappa shape index (κ2) is 7.70. The molecular formula is C24H31N3O4. The highest BCUT2D eigenvalue weighted by molar-refractivity contribution is 5.87. The second-order valence-corrected chi connectivity index (χ2v) is 10.3. The van der Waals surface area contributed by atoms with Gasteiger partial charge in [-0.05, 0) is 46.5 Å². The number of aromatic nitrogens is 1. The van der Waals surface area contributed by atoms with Crippen molar-refractivity contribution in [2.75, 3.05) is 19.7 Å². The van der Waals surface area contributed by atoms with Crippen LogP contribution >= 0.6 is 0 Å². The van der Waals surface area contributed by atoms with E-state index in [0.29, 0.717) is 25.4 Å². The summed E-state index contributed by atoms with van der Waals surface area (Å²) in [6, 6.07) is 7.93. The van der Waals surface area contributed by atoms with Gasteiger partial charge in [0.25, 0.3) is 0 Å². The molecule has 2 aromatic rings. The first kappa shape index (κ1) is 21.4. The molecule has 0 bridgehead atoms. The van der Waals surface area contributed by atoms with E-state index in [9.17, 15) is 9.59 Å². The normalized spacial score (nSPS) is 22.7. The Morgan fingerprint density at radius 1 is 1.10 bits per heavy atom. The van der Waals surface area contributed by atoms with Gasteiger partial charge < -0.3 is 19.7 Å². The van der Waals surface area contributed by atoms with Crippen molar-refractivity contribution in [1.29, 1.82) is 0 Å². The van der Waals surface area contributed by atoms with Crippen molar-refractivity contribution in [3.05, 3.63) is 36.7 Å². The van der Waals surface area contributed by atoms with Crippen LogP contribution in [-0.4, -0.2) is 52.7 Å². The number of hydrogen-bond donors (Lipinski definition) is 1. The van der Waals surface area contributed by atoms with Gasteiger partial charge in [0.1, 0.15) is 18.0 Å². The zero-order valence-corrected chi connectivity index (χ0v) is 18.8. The van der Waals surface area contributed by atoms with Crippen LogP contribution in [0.4, 0.5) is 4.79 Å². The number of likely N-dealkylation sites (tertiary alicyclic amines) is 1. The minimum Gasteiger partial charge on any atom is -0.489 e. The molecule has 3 atom stereocenters. The predicted molar refractivity (Wildman–Crippen MR) is 118 cm³/mol. The molecule has 31 heavy (non-hydrogen) atoms. The molecule has 1 saturated carbocycles. The number of fused-ring (bicyclic) bond motifs is 2. The van der Waals surface area contributed by atoms with Crippen molar-refractivity contribution < 1.29 is 19.1 Å². The van der Waals surface area contributed by atoms with Gasteiger partial charge in [-0.2, -0.15) is 0 Å². The van der Waals surface area contributed by atoms with E-state index < -0.39 is 11.1 Å². The van der Waals surface area contributed by atoms with Crippen LogP contribution in [0.25, 0.3) is 10.8 Å². The van der Waals surface area contributed by atoms with Crippen molar-refractivity contribution in [2.45, 2.75) is 45.8 Å². The molecule has 4 rings (SSSR count). The number of nitrogens with zero attached hydrogens (tertiary/aromatic N) is 2. The van der Waals surface area contributed by atoms with Crippen molar-refractivity contribution in [2.24, 2.45) is 17.8 Å². The molecule has 2 fully saturated rings. The highest BCUT2D eigenvalue weighted by Gasteiger charge is 2.61. The number of carbonyl (C=O) groups excluding carboxylic acids is 2. The number of pyridine rings is 1. The summed E-state index contributed by atoms with van der Waals surface area (Å²) < 4.78 is 11.5. The van der Waals surface area contributed by atoms with Crippen LogP contribution < -0.4 is 10.1 Å².